The van der Waals surface area contributed by atoms with Crippen LogP contribution in [0.15, 0.2) is 0 Å². The molecule has 4 fully saturated rings. The maximum Gasteiger partial charge on any atom is 0.0545 e. The van der Waals surface area contributed by atoms with Crippen LogP contribution in [0.3, 0.4) is 0 Å². The molecule has 0 heterocycles. The van der Waals surface area contributed by atoms with Crippen molar-refractivity contribution in [3.63, 3.8) is 0 Å². The molecule has 0 bridgehead atoms. The Labute approximate surface area is 155 Å². The third kappa shape index (κ3) is 2.90. The number of fused-ring (bicyclic) bond motifs is 5. The van der Waals surface area contributed by atoms with Gasteiger partial charge in [0, 0.05) is 7.11 Å². The van der Waals surface area contributed by atoms with E-state index >= 15 is 0 Å². The molecule has 0 aromatic carbocycles. The first-order chi connectivity index (χ1) is 11.9. The quantitative estimate of drug-likeness (QED) is 0.751. The molecule has 0 saturated heterocycles. The largest absolute Gasteiger partial charge is 0.393 e. The van der Waals surface area contributed by atoms with E-state index < -0.39 is 0 Å². The molecule has 9 atom stereocenters. The molecule has 4 saturated carbocycles. The lowest BCUT2D eigenvalue weighted by atomic mass is 9.48. The molecule has 1 N–H and O–H groups in total. The van der Waals surface area contributed by atoms with E-state index in [4.69, 9.17) is 4.74 Å². The van der Waals surface area contributed by atoms with Crippen molar-refractivity contribution >= 4 is 0 Å². The van der Waals surface area contributed by atoms with Gasteiger partial charge in [-0.2, -0.15) is 0 Å². The van der Waals surface area contributed by atoms with E-state index in [0.29, 0.717) is 16.7 Å². The highest BCUT2D eigenvalue weighted by Crippen LogP contribution is 2.65. The Morgan fingerprint density at radius 1 is 0.960 bits per heavy atom. The van der Waals surface area contributed by atoms with Gasteiger partial charge in [-0.3, -0.25) is 0 Å². The van der Waals surface area contributed by atoms with Crippen LogP contribution in [0.1, 0.15) is 78.6 Å². The van der Waals surface area contributed by atoms with Gasteiger partial charge < -0.3 is 9.84 Å². The van der Waals surface area contributed by atoms with Crippen LogP contribution in [0.4, 0.5) is 0 Å². The molecule has 0 amide bonds. The fraction of sp³-hybridized carbons (Fsp3) is 1.00. The summed E-state index contributed by atoms with van der Waals surface area (Å²) in [7, 11) is 1.87. The summed E-state index contributed by atoms with van der Waals surface area (Å²) >= 11 is 0. The van der Waals surface area contributed by atoms with Crippen LogP contribution in [0.25, 0.3) is 0 Å². The van der Waals surface area contributed by atoms with Gasteiger partial charge in [0.1, 0.15) is 0 Å². The van der Waals surface area contributed by atoms with Gasteiger partial charge in [-0.15, -0.1) is 0 Å². The minimum absolute atomic E-state index is 0.118. The van der Waals surface area contributed by atoms with E-state index in [9.17, 15) is 5.11 Å². The zero-order valence-electron chi connectivity index (χ0n) is 17.0. The van der Waals surface area contributed by atoms with Crippen LogP contribution in [-0.4, -0.2) is 24.9 Å². The summed E-state index contributed by atoms with van der Waals surface area (Å²) in [6.45, 7) is 7.97. The number of aliphatic hydroxyl groups excluding tert-OH is 1. The van der Waals surface area contributed by atoms with Crippen LogP contribution < -0.4 is 0 Å². The van der Waals surface area contributed by atoms with Gasteiger partial charge in [-0.25, -0.2) is 0 Å². The SMILES string of the molecule is COC[C@@]1(C)CC[C@H]2[C@H](CC[C@@H]3[C@@H]2CC[C@]2(C)[C@@H](C(C)O)CC[C@@H]32)C1. The van der Waals surface area contributed by atoms with Crippen molar-refractivity contribution in [3.05, 3.63) is 0 Å². The van der Waals surface area contributed by atoms with Crippen LogP contribution in [0.2, 0.25) is 0 Å². The fourth-order valence-electron chi connectivity index (χ4n) is 8.50. The van der Waals surface area contributed by atoms with E-state index in [1.54, 1.807) is 0 Å². The second-order valence-corrected chi connectivity index (χ2v) is 10.9. The zero-order chi connectivity index (χ0) is 17.8. The molecule has 4 aliphatic carbocycles. The van der Waals surface area contributed by atoms with Crippen molar-refractivity contribution in [2.45, 2.75) is 84.7 Å². The maximum absolute atomic E-state index is 10.3. The maximum atomic E-state index is 10.3. The summed E-state index contributed by atoms with van der Waals surface area (Å²) in [6, 6.07) is 0. The number of hydrogen-bond acceptors (Lipinski definition) is 2. The minimum Gasteiger partial charge on any atom is -0.393 e. The van der Waals surface area contributed by atoms with Gasteiger partial charge in [0.25, 0.3) is 0 Å². The average Bonchev–Trinajstić information content (AvgIpc) is 2.91. The number of methoxy groups -OCH3 is 1. The van der Waals surface area contributed by atoms with Crippen molar-refractivity contribution in [2.24, 2.45) is 46.3 Å². The van der Waals surface area contributed by atoms with Gasteiger partial charge in [-0.1, -0.05) is 13.8 Å². The van der Waals surface area contributed by atoms with Gasteiger partial charge >= 0.3 is 0 Å². The van der Waals surface area contributed by atoms with Gasteiger partial charge in [0.05, 0.1) is 12.7 Å². The summed E-state index contributed by atoms with van der Waals surface area (Å²) in [5, 5.41) is 10.3. The van der Waals surface area contributed by atoms with Gasteiger partial charge in [0.2, 0.25) is 0 Å². The lowest BCUT2D eigenvalue weighted by Crippen LogP contribution is -2.50. The highest BCUT2D eigenvalue weighted by atomic mass is 16.5. The Morgan fingerprint density at radius 3 is 2.44 bits per heavy atom. The van der Waals surface area contributed by atoms with Crippen LogP contribution in [0.5, 0.6) is 0 Å². The number of aliphatic hydroxyl groups is 1. The fourth-order valence-corrected chi connectivity index (χ4v) is 8.50. The van der Waals surface area contributed by atoms with E-state index in [1.807, 2.05) is 14.0 Å². The lowest BCUT2D eigenvalue weighted by Gasteiger charge is -2.57. The molecule has 0 spiro atoms. The molecule has 1 unspecified atom stereocenters. The predicted octanol–water partition coefficient (Wildman–Crippen LogP) is 5.29. The van der Waals surface area contributed by atoms with E-state index in [2.05, 4.69) is 13.8 Å². The van der Waals surface area contributed by atoms with E-state index in [1.165, 1.54) is 57.8 Å². The third-order valence-electron chi connectivity index (χ3n) is 9.50. The smallest absolute Gasteiger partial charge is 0.0545 e. The summed E-state index contributed by atoms with van der Waals surface area (Å²) in [5.41, 5.74) is 0.845. The second-order valence-electron chi connectivity index (χ2n) is 10.9. The highest BCUT2D eigenvalue weighted by molar-refractivity contribution is 5.07. The Balaban J connectivity index is 1.50. The molecule has 4 aliphatic rings. The molecule has 2 heteroatoms. The Hall–Kier alpha value is -0.0800. The summed E-state index contributed by atoms with van der Waals surface area (Å²) in [6.07, 6.45) is 12.4. The number of hydrogen-bond donors (Lipinski definition) is 1. The summed E-state index contributed by atoms with van der Waals surface area (Å²) < 4.78 is 5.55. The number of rotatable bonds is 3. The van der Waals surface area contributed by atoms with E-state index in [-0.39, 0.29) is 6.10 Å². The van der Waals surface area contributed by atoms with Crippen LogP contribution in [0, 0.1) is 46.3 Å². The molecule has 2 nitrogen and oxygen atoms in total. The molecule has 0 aliphatic heterocycles. The monoisotopic (exact) mass is 348 g/mol. The molecule has 144 valence electrons. The van der Waals surface area contributed by atoms with Gasteiger partial charge in [-0.05, 0) is 111 Å². The third-order valence-corrected chi connectivity index (χ3v) is 9.50. The van der Waals surface area contributed by atoms with Gasteiger partial charge in [0.15, 0.2) is 0 Å². The summed E-state index contributed by atoms with van der Waals surface area (Å²) in [5.74, 6) is 5.31. The van der Waals surface area contributed by atoms with Crippen molar-refractivity contribution in [3.8, 4) is 0 Å². The number of ether oxygens (including phenoxy) is 1. The minimum atomic E-state index is -0.118. The molecule has 0 radical (unpaired) electrons. The Kier molecular flexibility index (Phi) is 4.77. The molecule has 0 aromatic rings. The molecule has 4 rings (SSSR count). The molecular formula is C23H40O2. The normalized spacial score (nSPS) is 53.6. The first-order valence-corrected chi connectivity index (χ1v) is 11.0. The molecule has 0 aromatic heterocycles. The predicted molar refractivity (Wildman–Crippen MR) is 102 cm³/mol. The Morgan fingerprint density at radius 2 is 1.72 bits per heavy atom. The van der Waals surface area contributed by atoms with Crippen molar-refractivity contribution < 1.29 is 9.84 Å². The topological polar surface area (TPSA) is 29.5 Å². The first kappa shape index (κ1) is 18.3. The zero-order valence-corrected chi connectivity index (χ0v) is 17.0. The van der Waals surface area contributed by atoms with Crippen LogP contribution in [-0.2, 0) is 4.74 Å². The lowest BCUT2D eigenvalue weighted by molar-refractivity contribution is -0.0956. The summed E-state index contributed by atoms with van der Waals surface area (Å²) in [4.78, 5) is 0. The van der Waals surface area contributed by atoms with Crippen molar-refractivity contribution in [1.29, 1.82) is 0 Å². The van der Waals surface area contributed by atoms with Crippen LogP contribution >= 0.6 is 0 Å². The van der Waals surface area contributed by atoms with E-state index in [0.717, 1.165) is 36.2 Å². The first-order valence-electron chi connectivity index (χ1n) is 11.0. The van der Waals surface area contributed by atoms with Crippen molar-refractivity contribution in [1.82, 2.24) is 0 Å². The van der Waals surface area contributed by atoms with Crippen molar-refractivity contribution in [2.75, 3.05) is 13.7 Å². The molecular weight excluding hydrogens is 308 g/mol. The Bertz CT molecular complexity index is 488. The second kappa shape index (κ2) is 6.51. The highest BCUT2D eigenvalue weighted by Gasteiger charge is 2.58. The molecule has 25 heavy (non-hydrogen) atoms. The standard InChI is InChI=1S/C23H40O2/c1-15(24)20-7-8-21-19-6-5-16-13-22(2,14-25-4)11-9-17(16)18(19)10-12-23(20,21)3/h15-21,24H,5-14H2,1-4H3/t15?,16-,17+,18-,19-,20-,21+,22+,23-/m1/s1. The average molecular weight is 349 g/mol.